The molecule has 0 N–H and O–H groups in total. The van der Waals surface area contributed by atoms with Crippen LogP contribution < -0.4 is 0 Å². The number of rotatable bonds is 4. The Kier molecular flexibility index (Phi) is 6.28. The normalized spacial score (nSPS) is 22.3. The molecule has 1 aliphatic carbocycles. The quantitative estimate of drug-likeness (QED) is 0.476. The molecule has 2 aromatic rings. The summed E-state index contributed by atoms with van der Waals surface area (Å²) < 4.78 is 5.69. The molecule has 1 unspecified atom stereocenters. The molecule has 2 atom stereocenters. The van der Waals surface area contributed by atoms with E-state index in [9.17, 15) is 9.59 Å². The van der Waals surface area contributed by atoms with Crippen molar-refractivity contribution < 1.29 is 14.3 Å². The minimum atomic E-state index is -0.735. The first kappa shape index (κ1) is 22.8. The van der Waals surface area contributed by atoms with Gasteiger partial charge in [0.2, 0.25) is 0 Å². The number of benzene rings is 2. The number of halogens is 2. The van der Waals surface area contributed by atoms with Crippen LogP contribution >= 0.6 is 23.2 Å². The molecule has 1 aliphatic heterocycles. The zero-order chi connectivity index (χ0) is 23.0. The smallest absolute Gasteiger partial charge is 0.315 e. The highest BCUT2D eigenvalue weighted by Gasteiger charge is 2.46. The number of carbonyl (C=O) groups is 2. The van der Waals surface area contributed by atoms with Gasteiger partial charge in [-0.15, -0.1) is 0 Å². The first-order valence-corrected chi connectivity index (χ1v) is 11.4. The van der Waals surface area contributed by atoms with Crippen molar-refractivity contribution >= 4 is 40.7 Å². The summed E-state index contributed by atoms with van der Waals surface area (Å²) in [7, 11) is 0. The van der Waals surface area contributed by atoms with Gasteiger partial charge in [0.25, 0.3) is 0 Å². The van der Waals surface area contributed by atoms with E-state index < -0.39 is 17.8 Å². The molecular formula is C26H25Cl2NO3. The summed E-state index contributed by atoms with van der Waals surface area (Å²) >= 11 is 12.7. The van der Waals surface area contributed by atoms with E-state index in [4.69, 9.17) is 32.9 Å². The second-order valence-corrected chi connectivity index (χ2v) is 10.1. The number of ketones is 1. The van der Waals surface area contributed by atoms with Crippen LogP contribution in [-0.4, -0.2) is 17.5 Å². The largest absolute Gasteiger partial charge is 0.460 e. The lowest BCUT2D eigenvalue weighted by Crippen LogP contribution is -2.39. The van der Waals surface area contributed by atoms with E-state index in [-0.39, 0.29) is 17.8 Å². The topological polar surface area (TPSA) is 55.7 Å². The lowest BCUT2D eigenvalue weighted by Gasteiger charge is -2.39. The van der Waals surface area contributed by atoms with E-state index in [1.165, 1.54) is 0 Å². The summed E-state index contributed by atoms with van der Waals surface area (Å²) in [5.41, 5.74) is 3.33. The highest BCUT2D eigenvalue weighted by Crippen LogP contribution is 2.49. The van der Waals surface area contributed by atoms with Gasteiger partial charge in [-0.1, -0.05) is 73.4 Å². The highest BCUT2D eigenvalue weighted by atomic mass is 35.5. The third-order valence-corrected chi connectivity index (χ3v) is 6.64. The van der Waals surface area contributed by atoms with Crippen LogP contribution in [0.5, 0.6) is 0 Å². The standard InChI is InChI=1S/C26H25Cl2NO3/c1-15-22(25(31)32-14-16-7-5-4-6-8-16)23(18-10-9-17(27)11-19(18)28)24-20(29-15)12-26(2,3)13-21(24)30/h4-11,22-23H,12-14H2,1-3H3/t22?,23-/m1/s1. The van der Waals surface area contributed by atoms with E-state index in [2.05, 4.69) is 13.8 Å². The molecule has 0 fully saturated rings. The van der Waals surface area contributed by atoms with Crippen molar-refractivity contribution in [3.8, 4) is 0 Å². The number of esters is 1. The Bertz CT molecular complexity index is 1140. The van der Waals surface area contributed by atoms with Gasteiger partial charge in [-0.25, -0.2) is 0 Å². The Morgan fingerprint density at radius 2 is 1.84 bits per heavy atom. The monoisotopic (exact) mass is 469 g/mol. The zero-order valence-electron chi connectivity index (χ0n) is 18.3. The van der Waals surface area contributed by atoms with Gasteiger partial charge in [0.1, 0.15) is 12.5 Å². The fourth-order valence-electron chi connectivity index (χ4n) is 4.66. The van der Waals surface area contributed by atoms with E-state index in [1.54, 1.807) is 18.2 Å². The van der Waals surface area contributed by atoms with E-state index in [0.717, 1.165) is 11.3 Å². The number of Topliss-reactive ketones (excluding diaryl/α,β-unsaturated/α-hetero) is 1. The third kappa shape index (κ3) is 4.53. The molecule has 2 aliphatic rings. The predicted molar refractivity (Wildman–Crippen MR) is 127 cm³/mol. The first-order chi connectivity index (χ1) is 15.2. The van der Waals surface area contributed by atoms with E-state index in [1.807, 2.05) is 37.3 Å². The minimum Gasteiger partial charge on any atom is -0.460 e. The molecule has 0 radical (unpaired) electrons. The van der Waals surface area contributed by atoms with Crippen LogP contribution in [0.15, 0.2) is 64.8 Å². The molecular weight excluding hydrogens is 445 g/mol. The Hall–Kier alpha value is -2.43. The number of carbonyl (C=O) groups excluding carboxylic acids is 2. The average molecular weight is 470 g/mol. The molecule has 0 aromatic heterocycles. The lowest BCUT2D eigenvalue weighted by atomic mass is 9.67. The van der Waals surface area contributed by atoms with Crippen molar-refractivity contribution in [2.75, 3.05) is 0 Å². The fraction of sp³-hybridized carbons (Fsp3) is 0.346. The zero-order valence-corrected chi connectivity index (χ0v) is 19.8. The fourth-order valence-corrected chi connectivity index (χ4v) is 5.18. The first-order valence-electron chi connectivity index (χ1n) is 10.6. The molecule has 2 aromatic carbocycles. The van der Waals surface area contributed by atoms with Crippen molar-refractivity contribution in [2.24, 2.45) is 16.3 Å². The number of allylic oxidation sites excluding steroid dienone is 2. The Balaban J connectivity index is 1.76. The van der Waals surface area contributed by atoms with Crippen LogP contribution in [0.25, 0.3) is 0 Å². The molecule has 6 heteroatoms. The van der Waals surface area contributed by atoms with E-state index >= 15 is 0 Å². The number of ether oxygens (including phenoxy) is 1. The highest BCUT2D eigenvalue weighted by molar-refractivity contribution is 6.35. The second-order valence-electron chi connectivity index (χ2n) is 9.27. The number of hydrogen-bond donors (Lipinski definition) is 0. The van der Waals surface area contributed by atoms with Gasteiger partial charge < -0.3 is 4.74 Å². The van der Waals surface area contributed by atoms with Crippen molar-refractivity contribution in [3.63, 3.8) is 0 Å². The molecule has 166 valence electrons. The predicted octanol–water partition coefficient (Wildman–Crippen LogP) is 6.55. The van der Waals surface area contributed by atoms with Crippen LogP contribution in [0.2, 0.25) is 10.0 Å². The summed E-state index contributed by atoms with van der Waals surface area (Å²) in [5, 5.41) is 0.913. The van der Waals surface area contributed by atoms with Gasteiger partial charge >= 0.3 is 5.97 Å². The Morgan fingerprint density at radius 3 is 2.53 bits per heavy atom. The van der Waals surface area contributed by atoms with Crippen LogP contribution in [0.3, 0.4) is 0 Å². The van der Waals surface area contributed by atoms with Crippen LogP contribution in [-0.2, 0) is 20.9 Å². The van der Waals surface area contributed by atoms with Gasteiger partial charge in [-0.2, -0.15) is 0 Å². The molecule has 0 amide bonds. The van der Waals surface area contributed by atoms with Crippen molar-refractivity contribution in [1.29, 1.82) is 0 Å². The molecule has 32 heavy (non-hydrogen) atoms. The van der Waals surface area contributed by atoms with Crippen molar-refractivity contribution in [3.05, 3.63) is 81.0 Å². The number of hydrogen-bond acceptors (Lipinski definition) is 4. The average Bonchev–Trinajstić information content (AvgIpc) is 2.71. The van der Waals surface area contributed by atoms with Gasteiger partial charge in [0, 0.05) is 39.4 Å². The van der Waals surface area contributed by atoms with E-state index in [0.29, 0.717) is 39.7 Å². The summed E-state index contributed by atoms with van der Waals surface area (Å²) in [6.07, 6.45) is 1.06. The SMILES string of the molecule is CC1=NC2=C(C(=O)CC(C)(C)C2)[C@H](c2ccc(Cl)cc2Cl)C1C(=O)OCc1ccccc1. The summed E-state index contributed by atoms with van der Waals surface area (Å²) in [5.74, 6) is -1.71. The van der Waals surface area contributed by atoms with Crippen LogP contribution in [0, 0.1) is 11.3 Å². The Labute approximate surface area is 198 Å². The molecule has 1 heterocycles. The van der Waals surface area contributed by atoms with Crippen molar-refractivity contribution in [2.45, 2.75) is 46.1 Å². The second kappa shape index (κ2) is 8.84. The maximum Gasteiger partial charge on any atom is 0.315 e. The summed E-state index contributed by atoms with van der Waals surface area (Å²) in [6.45, 7) is 6.09. The van der Waals surface area contributed by atoms with Gasteiger partial charge in [0.15, 0.2) is 5.78 Å². The molecule has 0 bridgehead atoms. The minimum absolute atomic E-state index is 0.00405. The van der Waals surface area contributed by atoms with Crippen molar-refractivity contribution in [1.82, 2.24) is 0 Å². The molecule has 0 saturated heterocycles. The lowest BCUT2D eigenvalue weighted by molar-refractivity contribution is -0.148. The third-order valence-electron chi connectivity index (χ3n) is 6.08. The van der Waals surface area contributed by atoms with Crippen LogP contribution in [0.4, 0.5) is 0 Å². The number of nitrogens with zero attached hydrogens (tertiary/aromatic N) is 1. The van der Waals surface area contributed by atoms with Gasteiger partial charge in [0.05, 0.1) is 0 Å². The molecule has 4 nitrogen and oxygen atoms in total. The maximum absolute atomic E-state index is 13.3. The summed E-state index contributed by atoms with van der Waals surface area (Å²) in [4.78, 5) is 31.4. The Morgan fingerprint density at radius 1 is 1.12 bits per heavy atom. The molecule has 4 rings (SSSR count). The van der Waals surface area contributed by atoms with Gasteiger partial charge in [-0.05, 0) is 42.0 Å². The van der Waals surface area contributed by atoms with Gasteiger partial charge in [-0.3, -0.25) is 14.6 Å². The maximum atomic E-state index is 13.3. The summed E-state index contributed by atoms with van der Waals surface area (Å²) in [6, 6.07) is 14.7. The molecule has 0 saturated carbocycles. The van der Waals surface area contributed by atoms with Crippen LogP contribution in [0.1, 0.15) is 50.7 Å². The number of aliphatic imine (C=N–C) groups is 1. The molecule has 0 spiro atoms.